The quantitative estimate of drug-likeness (QED) is 0.855. The molecule has 1 atom stereocenters. The molecule has 1 aliphatic rings. The van der Waals surface area contributed by atoms with E-state index < -0.39 is 0 Å². The van der Waals surface area contributed by atoms with Crippen LogP contribution in [0.5, 0.6) is 0 Å². The number of nitrogens with one attached hydrogen (secondary N) is 1. The van der Waals surface area contributed by atoms with Crippen molar-refractivity contribution in [1.82, 2.24) is 10.2 Å². The van der Waals surface area contributed by atoms with E-state index in [1.165, 1.54) is 6.92 Å². The van der Waals surface area contributed by atoms with Gasteiger partial charge in [0, 0.05) is 38.2 Å². The maximum absolute atomic E-state index is 12.9. The summed E-state index contributed by atoms with van der Waals surface area (Å²) in [6.45, 7) is 2.92. The third-order valence-electron chi connectivity index (χ3n) is 4.91. The van der Waals surface area contributed by atoms with Crippen molar-refractivity contribution < 1.29 is 14.7 Å². The third-order valence-corrected chi connectivity index (χ3v) is 4.91. The highest BCUT2D eigenvalue weighted by Gasteiger charge is 2.25. The fourth-order valence-corrected chi connectivity index (χ4v) is 3.57. The van der Waals surface area contributed by atoms with Crippen LogP contribution in [0.3, 0.4) is 0 Å². The van der Waals surface area contributed by atoms with Gasteiger partial charge in [-0.15, -0.1) is 0 Å². The molecule has 142 valence electrons. The number of benzene rings is 2. The van der Waals surface area contributed by atoms with Crippen molar-refractivity contribution in [3.63, 3.8) is 0 Å². The second kappa shape index (κ2) is 8.82. The van der Waals surface area contributed by atoms with E-state index in [9.17, 15) is 9.59 Å². The van der Waals surface area contributed by atoms with Gasteiger partial charge in [0.25, 0.3) is 5.91 Å². The van der Waals surface area contributed by atoms with Gasteiger partial charge in [0.2, 0.25) is 5.91 Å². The zero-order valence-corrected chi connectivity index (χ0v) is 15.6. The van der Waals surface area contributed by atoms with Gasteiger partial charge in [-0.25, -0.2) is 0 Å². The van der Waals surface area contributed by atoms with Gasteiger partial charge in [0.15, 0.2) is 0 Å². The summed E-state index contributed by atoms with van der Waals surface area (Å²) in [5.41, 5.74) is 3.79. The van der Waals surface area contributed by atoms with E-state index in [-0.39, 0.29) is 24.5 Å². The van der Waals surface area contributed by atoms with E-state index in [0.29, 0.717) is 18.5 Å². The Hall–Kier alpha value is -2.66. The molecule has 1 heterocycles. The lowest BCUT2D eigenvalue weighted by atomic mass is 9.99. The fraction of sp³-hybridized carbons (Fsp3) is 0.364. The molecule has 1 fully saturated rings. The highest BCUT2D eigenvalue weighted by molar-refractivity contribution is 5.95. The average molecular weight is 366 g/mol. The fourth-order valence-electron chi connectivity index (χ4n) is 3.57. The summed E-state index contributed by atoms with van der Waals surface area (Å²) in [6, 6.07) is 15.7. The Morgan fingerprint density at radius 2 is 1.93 bits per heavy atom. The van der Waals surface area contributed by atoms with E-state index in [1.807, 2.05) is 53.4 Å². The summed E-state index contributed by atoms with van der Waals surface area (Å²) in [7, 11) is 0. The van der Waals surface area contributed by atoms with Crippen LogP contribution in [0.15, 0.2) is 48.5 Å². The van der Waals surface area contributed by atoms with Gasteiger partial charge in [0.05, 0.1) is 0 Å². The SMILES string of the molecule is CC(=O)NC1CCCN(C(=O)c2cccc(-c3ccc(CCO)cc3)c2)C1. The van der Waals surface area contributed by atoms with Crippen LogP contribution in [0.2, 0.25) is 0 Å². The number of carbonyl (C=O) groups is 2. The molecule has 5 heteroatoms. The van der Waals surface area contributed by atoms with Gasteiger partial charge in [-0.2, -0.15) is 0 Å². The van der Waals surface area contributed by atoms with Gasteiger partial charge in [-0.1, -0.05) is 36.4 Å². The van der Waals surface area contributed by atoms with Crippen LogP contribution in [0, 0.1) is 0 Å². The number of hydrogen-bond acceptors (Lipinski definition) is 3. The smallest absolute Gasteiger partial charge is 0.253 e. The van der Waals surface area contributed by atoms with Gasteiger partial charge in [-0.05, 0) is 48.1 Å². The molecule has 1 aliphatic heterocycles. The molecule has 0 bridgehead atoms. The molecule has 27 heavy (non-hydrogen) atoms. The Labute approximate surface area is 160 Å². The minimum absolute atomic E-state index is 0.00352. The largest absolute Gasteiger partial charge is 0.396 e. The summed E-state index contributed by atoms with van der Waals surface area (Å²) in [5.74, 6) is -0.0512. The molecule has 0 radical (unpaired) electrons. The number of piperidine rings is 1. The zero-order chi connectivity index (χ0) is 19.2. The Morgan fingerprint density at radius 1 is 1.15 bits per heavy atom. The number of aliphatic hydroxyl groups is 1. The maximum atomic E-state index is 12.9. The molecule has 2 amide bonds. The summed E-state index contributed by atoms with van der Waals surface area (Å²) >= 11 is 0. The first-order valence-corrected chi connectivity index (χ1v) is 9.43. The third kappa shape index (κ3) is 4.95. The van der Waals surface area contributed by atoms with Gasteiger partial charge in [-0.3, -0.25) is 9.59 Å². The Morgan fingerprint density at radius 3 is 2.63 bits per heavy atom. The summed E-state index contributed by atoms with van der Waals surface area (Å²) in [4.78, 5) is 26.1. The lowest BCUT2D eigenvalue weighted by Gasteiger charge is -2.33. The first-order valence-electron chi connectivity index (χ1n) is 9.43. The Bertz CT molecular complexity index is 801. The number of rotatable bonds is 5. The molecule has 2 aromatic rings. The highest BCUT2D eigenvalue weighted by atomic mass is 16.3. The van der Waals surface area contributed by atoms with Gasteiger partial charge in [0.1, 0.15) is 0 Å². The monoisotopic (exact) mass is 366 g/mol. The second-order valence-corrected chi connectivity index (χ2v) is 7.04. The predicted molar refractivity (Wildman–Crippen MR) is 105 cm³/mol. The molecule has 0 spiro atoms. The van der Waals surface area contributed by atoms with Crippen molar-refractivity contribution in [2.24, 2.45) is 0 Å². The summed E-state index contributed by atoms with van der Waals surface area (Å²) < 4.78 is 0. The van der Waals surface area contributed by atoms with Crippen molar-refractivity contribution in [3.8, 4) is 11.1 Å². The van der Waals surface area contributed by atoms with Crippen LogP contribution < -0.4 is 5.32 Å². The minimum atomic E-state index is -0.0547. The molecular weight excluding hydrogens is 340 g/mol. The first kappa shape index (κ1) is 19.1. The minimum Gasteiger partial charge on any atom is -0.396 e. The number of nitrogens with zero attached hydrogens (tertiary/aromatic N) is 1. The van der Waals surface area contributed by atoms with E-state index in [1.54, 1.807) is 0 Å². The predicted octanol–water partition coefficient (Wildman–Crippen LogP) is 2.63. The normalized spacial score (nSPS) is 16.8. The van der Waals surface area contributed by atoms with Crippen LogP contribution in [0.4, 0.5) is 0 Å². The van der Waals surface area contributed by atoms with Crippen LogP contribution in [-0.4, -0.2) is 47.6 Å². The standard InChI is InChI=1S/C22H26N2O3/c1-16(26)23-21-6-3-12-24(15-21)22(27)20-5-2-4-19(14-20)18-9-7-17(8-10-18)11-13-25/h2,4-5,7-10,14,21,25H,3,6,11-13,15H2,1H3,(H,23,26). The van der Waals surface area contributed by atoms with E-state index in [0.717, 1.165) is 36.1 Å². The molecule has 0 aliphatic carbocycles. The van der Waals surface area contributed by atoms with Crippen molar-refractivity contribution in [2.45, 2.75) is 32.2 Å². The number of amides is 2. The van der Waals surface area contributed by atoms with Crippen LogP contribution in [0.1, 0.15) is 35.7 Å². The molecule has 5 nitrogen and oxygen atoms in total. The van der Waals surface area contributed by atoms with E-state index in [4.69, 9.17) is 5.11 Å². The van der Waals surface area contributed by atoms with Crippen LogP contribution >= 0.6 is 0 Å². The second-order valence-electron chi connectivity index (χ2n) is 7.04. The van der Waals surface area contributed by atoms with E-state index >= 15 is 0 Å². The molecule has 3 rings (SSSR count). The van der Waals surface area contributed by atoms with Gasteiger partial charge >= 0.3 is 0 Å². The maximum Gasteiger partial charge on any atom is 0.253 e. The molecule has 2 aromatic carbocycles. The zero-order valence-electron chi connectivity index (χ0n) is 15.6. The lowest BCUT2D eigenvalue weighted by Crippen LogP contribution is -2.49. The summed E-state index contributed by atoms with van der Waals surface area (Å²) in [6.07, 6.45) is 2.44. The topological polar surface area (TPSA) is 69.6 Å². The van der Waals surface area contributed by atoms with Crippen molar-refractivity contribution in [3.05, 3.63) is 59.7 Å². The first-order chi connectivity index (χ1) is 13.1. The average Bonchev–Trinajstić information content (AvgIpc) is 2.68. The van der Waals surface area contributed by atoms with Crippen LogP contribution in [0.25, 0.3) is 11.1 Å². The Balaban J connectivity index is 1.74. The molecule has 2 N–H and O–H groups in total. The Kier molecular flexibility index (Phi) is 6.24. The summed E-state index contributed by atoms with van der Waals surface area (Å²) in [5, 5.41) is 11.9. The molecule has 0 aromatic heterocycles. The highest BCUT2D eigenvalue weighted by Crippen LogP contribution is 2.23. The van der Waals surface area contributed by atoms with Crippen molar-refractivity contribution >= 4 is 11.8 Å². The van der Waals surface area contributed by atoms with E-state index in [2.05, 4.69) is 5.32 Å². The number of aliphatic hydroxyl groups excluding tert-OH is 1. The number of hydrogen-bond donors (Lipinski definition) is 2. The molecular formula is C22H26N2O3. The lowest BCUT2D eigenvalue weighted by molar-refractivity contribution is -0.120. The van der Waals surface area contributed by atoms with Gasteiger partial charge < -0.3 is 15.3 Å². The van der Waals surface area contributed by atoms with Crippen LogP contribution in [-0.2, 0) is 11.2 Å². The number of likely N-dealkylation sites (tertiary alicyclic amines) is 1. The molecule has 1 saturated heterocycles. The van der Waals surface area contributed by atoms with Crippen molar-refractivity contribution in [2.75, 3.05) is 19.7 Å². The molecule has 1 unspecified atom stereocenters. The number of carbonyl (C=O) groups excluding carboxylic acids is 2. The van der Waals surface area contributed by atoms with Crippen molar-refractivity contribution in [1.29, 1.82) is 0 Å². The molecule has 0 saturated carbocycles.